The fourth-order valence-electron chi connectivity index (χ4n) is 2.64. The molecular formula is C16H21F3N2O4. The third-order valence-corrected chi connectivity index (χ3v) is 3.89. The highest BCUT2D eigenvalue weighted by Gasteiger charge is 2.34. The van der Waals surface area contributed by atoms with E-state index >= 15 is 0 Å². The number of ether oxygens (including phenoxy) is 1. The zero-order valence-corrected chi connectivity index (χ0v) is 13.7. The van der Waals surface area contributed by atoms with Gasteiger partial charge in [-0.1, -0.05) is 12.1 Å². The normalized spacial score (nSPS) is 21.8. The minimum atomic E-state index is -4.55. The van der Waals surface area contributed by atoms with E-state index in [1.807, 2.05) is 0 Å². The van der Waals surface area contributed by atoms with Crippen LogP contribution in [-0.2, 0) is 11.0 Å². The molecule has 1 aliphatic rings. The Morgan fingerprint density at radius 2 is 2.12 bits per heavy atom. The maximum atomic E-state index is 12.9. The summed E-state index contributed by atoms with van der Waals surface area (Å²) in [6.07, 6.45) is -6.01. The fourth-order valence-corrected chi connectivity index (χ4v) is 2.64. The molecule has 0 unspecified atom stereocenters. The highest BCUT2D eigenvalue weighted by atomic mass is 19.4. The van der Waals surface area contributed by atoms with Crippen molar-refractivity contribution in [3.05, 3.63) is 29.8 Å². The largest absolute Gasteiger partial charge is 0.490 e. The van der Waals surface area contributed by atoms with E-state index in [2.05, 4.69) is 5.32 Å². The van der Waals surface area contributed by atoms with Crippen molar-refractivity contribution in [1.82, 2.24) is 10.2 Å². The number of alkyl halides is 3. The average molecular weight is 362 g/mol. The zero-order valence-electron chi connectivity index (χ0n) is 13.7. The van der Waals surface area contributed by atoms with Crippen LogP contribution in [0, 0.1) is 0 Å². The lowest BCUT2D eigenvalue weighted by Crippen LogP contribution is -2.45. The van der Waals surface area contributed by atoms with Crippen LogP contribution < -0.4 is 10.1 Å². The molecule has 2 rings (SSSR count). The maximum Gasteiger partial charge on any atom is 0.419 e. The number of hydrogen-bond donors (Lipinski definition) is 3. The van der Waals surface area contributed by atoms with Crippen LogP contribution in [0.1, 0.15) is 12.0 Å². The first-order valence-electron chi connectivity index (χ1n) is 7.82. The maximum absolute atomic E-state index is 12.9. The van der Waals surface area contributed by atoms with E-state index in [0.717, 1.165) is 6.07 Å². The minimum Gasteiger partial charge on any atom is -0.490 e. The molecule has 25 heavy (non-hydrogen) atoms. The van der Waals surface area contributed by atoms with Gasteiger partial charge in [-0.05, 0) is 18.6 Å². The molecule has 0 bridgehead atoms. The van der Waals surface area contributed by atoms with Crippen molar-refractivity contribution in [2.24, 2.45) is 0 Å². The number of hydrogen-bond acceptors (Lipinski definition) is 5. The molecule has 1 saturated heterocycles. The summed E-state index contributed by atoms with van der Waals surface area (Å²) in [6.45, 7) is -0.156. The van der Waals surface area contributed by atoms with E-state index in [-0.39, 0.29) is 31.2 Å². The highest BCUT2D eigenvalue weighted by molar-refractivity contribution is 5.82. The molecule has 1 aromatic rings. The number of likely N-dealkylation sites (N-methyl/N-ethyl adjacent to an activating group) is 1. The summed E-state index contributed by atoms with van der Waals surface area (Å²) in [4.78, 5) is 13.4. The number of amides is 1. The van der Waals surface area contributed by atoms with Crippen LogP contribution in [0.4, 0.5) is 13.2 Å². The van der Waals surface area contributed by atoms with Gasteiger partial charge in [0, 0.05) is 20.1 Å². The molecule has 0 saturated carbocycles. The smallest absolute Gasteiger partial charge is 0.419 e. The molecule has 1 fully saturated rings. The second kappa shape index (κ2) is 8.03. The van der Waals surface area contributed by atoms with E-state index in [9.17, 15) is 28.2 Å². The van der Waals surface area contributed by atoms with Crippen LogP contribution in [0.2, 0.25) is 0 Å². The number of β-amino-alcohol motifs (C(OH)–C–C–N with tert-alkyl or cyclic N) is 1. The minimum absolute atomic E-state index is 0.0959. The first-order valence-corrected chi connectivity index (χ1v) is 7.82. The number of para-hydroxylation sites is 1. The van der Waals surface area contributed by atoms with Crippen molar-refractivity contribution in [3.8, 4) is 5.75 Å². The number of rotatable bonds is 6. The predicted molar refractivity (Wildman–Crippen MR) is 83.0 cm³/mol. The summed E-state index contributed by atoms with van der Waals surface area (Å²) < 4.78 is 43.7. The summed E-state index contributed by atoms with van der Waals surface area (Å²) >= 11 is 0. The van der Waals surface area contributed by atoms with Gasteiger partial charge in [0.1, 0.15) is 18.5 Å². The fraction of sp³-hybridized carbons (Fsp3) is 0.562. The molecule has 9 heteroatoms. The SMILES string of the molecule is CN(C[C@H](O)COc1ccccc1C(F)(F)F)C(=O)[C@H]1C[C@H](O)CN1. The second-order valence-electron chi connectivity index (χ2n) is 6.03. The number of carbonyl (C=O) groups is 1. The Labute approximate surface area is 143 Å². The zero-order chi connectivity index (χ0) is 18.6. The molecule has 1 aliphatic heterocycles. The van der Waals surface area contributed by atoms with Crippen molar-refractivity contribution in [2.75, 3.05) is 26.7 Å². The Bertz CT molecular complexity index is 597. The second-order valence-corrected chi connectivity index (χ2v) is 6.03. The number of halogens is 3. The summed E-state index contributed by atoms with van der Waals surface area (Å²) in [5.74, 6) is -0.671. The molecule has 1 amide bonds. The Hall–Kier alpha value is -1.84. The van der Waals surface area contributed by atoms with Crippen LogP contribution in [0.15, 0.2) is 24.3 Å². The average Bonchev–Trinajstić information content (AvgIpc) is 2.98. The quantitative estimate of drug-likeness (QED) is 0.692. The van der Waals surface area contributed by atoms with Gasteiger partial charge in [-0.3, -0.25) is 4.79 Å². The molecule has 1 aromatic carbocycles. The van der Waals surface area contributed by atoms with Gasteiger partial charge in [-0.2, -0.15) is 13.2 Å². The van der Waals surface area contributed by atoms with Crippen LogP contribution in [0.3, 0.4) is 0 Å². The molecule has 3 N–H and O–H groups in total. The van der Waals surface area contributed by atoms with Crippen LogP contribution in [0.5, 0.6) is 5.75 Å². The summed E-state index contributed by atoms with van der Waals surface area (Å²) in [5, 5.41) is 22.2. The van der Waals surface area contributed by atoms with E-state index in [0.29, 0.717) is 6.54 Å². The number of benzene rings is 1. The molecule has 6 nitrogen and oxygen atoms in total. The van der Waals surface area contributed by atoms with Gasteiger partial charge in [0.25, 0.3) is 0 Å². The number of aliphatic hydroxyl groups is 2. The van der Waals surface area contributed by atoms with Crippen molar-refractivity contribution in [2.45, 2.75) is 30.8 Å². The lowest BCUT2D eigenvalue weighted by atomic mass is 10.2. The van der Waals surface area contributed by atoms with E-state index < -0.39 is 30.0 Å². The topological polar surface area (TPSA) is 82.0 Å². The molecule has 0 spiro atoms. The molecular weight excluding hydrogens is 341 g/mol. The summed E-state index contributed by atoms with van der Waals surface area (Å²) in [7, 11) is 1.47. The van der Waals surface area contributed by atoms with E-state index in [1.165, 1.54) is 30.1 Å². The van der Waals surface area contributed by atoms with Crippen molar-refractivity contribution < 1.29 is 32.9 Å². The summed E-state index contributed by atoms with van der Waals surface area (Å²) in [5.41, 5.74) is -0.921. The monoisotopic (exact) mass is 362 g/mol. The molecule has 0 aliphatic carbocycles. The third kappa shape index (κ3) is 5.32. The Morgan fingerprint density at radius 3 is 2.72 bits per heavy atom. The van der Waals surface area contributed by atoms with Crippen LogP contribution in [0.25, 0.3) is 0 Å². The first-order chi connectivity index (χ1) is 11.7. The van der Waals surface area contributed by atoms with E-state index in [4.69, 9.17) is 4.74 Å². The van der Waals surface area contributed by atoms with Gasteiger partial charge in [-0.15, -0.1) is 0 Å². The van der Waals surface area contributed by atoms with Gasteiger partial charge in [-0.25, -0.2) is 0 Å². The molecule has 140 valence electrons. The van der Waals surface area contributed by atoms with Crippen LogP contribution >= 0.6 is 0 Å². The number of nitrogens with one attached hydrogen (secondary N) is 1. The predicted octanol–water partition coefficient (Wildman–Crippen LogP) is 0.626. The van der Waals surface area contributed by atoms with Gasteiger partial charge >= 0.3 is 6.18 Å². The Balaban J connectivity index is 1.87. The lowest BCUT2D eigenvalue weighted by Gasteiger charge is -2.24. The van der Waals surface area contributed by atoms with E-state index in [1.54, 1.807) is 0 Å². The number of nitrogens with zero attached hydrogens (tertiary/aromatic N) is 1. The third-order valence-electron chi connectivity index (χ3n) is 3.89. The van der Waals surface area contributed by atoms with Gasteiger partial charge < -0.3 is 25.2 Å². The molecule has 3 atom stereocenters. The van der Waals surface area contributed by atoms with Gasteiger partial charge in [0.15, 0.2) is 0 Å². The molecule has 0 radical (unpaired) electrons. The van der Waals surface area contributed by atoms with Crippen molar-refractivity contribution >= 4 is 5.91 Å². The summed E-state index contributed by atoms with van der Waals surface area (Å²) in [6, 6.07) is 4.20. The highest BCUT2D eigenvalue weighted by Crippen LogP contribution is 2.35. The Morgan fingerprint density at radius 1 is 1.44 bits per heavy atom. The molecule has 1 heterocycles. The van der Waals surface area contributed by atoms with Gasteiger partial charge in [0.2, 0.25) is 5.91 Å². The van der Waals surface area contributed by atoms with Gasteiger partial charge in [0.05, 0.1) is 17.7 Å². The van der Waals surface area contributed by atoms with Crippen molar-refractivity contribution in [1.29, 1.82) is 0 Å². The Kier molecular flexibility index (Phi) is 6.26. The standard InChI is InChI=1S/C16H21F3N2O4/c1-21(15(24)13-6-10(22)7-20-13)8-11(23)9-25-14-5-3-2-4-12(14)16(17,18)19/h2-5,10-11,13,20,22-23H,6-9H2,1H3/t10-,11-,13+/m0/s1. The number of carbonyl (C=O) groups excluding carboxylic acids is 1. The lowest BCUT2D eigenvalue weighted by molar-refractivity contribution is -0.139. The van der Waals surface area contributed by atoms with Crippen molar-refractivity contribution in [3.63, 3.8) is 0 Å². The first kappa shape index (κ1) is 19.5. The van der Waals surface area contributed by atoms with Crippen LogP contribution in [-0.4, -0.2) is 66.0 Å². The number of aliphatic hydroxyl groups excluding tert-OH is 2. The molecule has 0 aromatic heterocycles.